The molecule has 0 aliphatic rings. The minimum absolute atomic E-state index is 0.0692. The van der Waals surface area contributed by atoms with Crippen molar-refractivity contribution >= 4 is 11.6 Å². The van der Waals surface area contributed by atoms with Gasteiger partial charge in [0.25, 0.3) is 5.91 Å². The third kappa shape index (κ3) is 3.15. The Kier molecular flexibility index (Phi) is 4.35. The molecule has 0 N–H and O–H groups in total. The molecule has 0 atom stereocenters. The summed E-state index contributed by atoms with van der Waals surface area (Å²) in [5.41, 5.74) is 1.04. The van der Waals surface area contributed by atoms with E-state index in [9.17, 15) is 4.79 Å². The SMILES string of the molecule is CN(C(=O)COc1ccccc1)c1ccccc1C#N. The van der Waals surface area contributed by atoms with Gasteiger partial charge in [0.15, 0.2) is 6.61 Å². The van der Waals surface area contributed by atoms with E-state index in [1.165, 1.54) is 4.90 Å². The van der Waals surface area contributed by atoms with E-state index < -0.39 is 0 Å². The second-order valence-electron chi connectivity index (χ2n) is 4.18. The molecular weight excluding hydrogens is 252 g/mol. The first kappa shape index (κ1) is 13.6. The second kappa shape index (κ2) is 6.39. The zero-order valence-electron chi connectivity index (χ0n) is 11.1. The molecule has 2 aromatic rings. The van der Waals surface area contributed by atoms with Gasteiger partial charge in [-0.15, -0.1) is 0 Å². The molecule has 0 bridgehead atoms. The van der Waals surface area contributed by atoms with E-state index in [4.69, 9.17) is 10.00 Å². The van der Waals surface area contributed by atoms with Gasteiger partial charge in [0.1, 0.15) is 11.8 Å². The van der Waals surface area contributed by atoms with E-state index in [2.05, 4.69) is 6.07 Å². The number of rotatable bonds is 4. The molecule has 0 aliphatic heterocycles. The largest absolute Gasteiger partial charge is 0.484 e. The van der Waals surface area contributed by atoms with Crippen molar-refractivity contribution in [3.63, 3.8) is 0 Å². The van der Waals surface area contributed by atoms with Crippen molar-refractivity contribution in [3.8, 4) is 11.8 Å². The molecular formula is C16H14N2O2. The number of benzene rings is 2. The Morgan fingerprint density at radius 1 is 1.15 bits per heavy atom. The zero-order valence-corrected chi connectivity index (χ0v) is 11.1. The van der Waals surface area contributed by atoms with E-state index in [1.54, 1.807) is 43.4 Å². The summed E-state index contributed by atoms with van der Waals surface area (Å²) in [6.45, 7) is -0.0692. The Bertz CT molecular complexity index is 632. The topological polar surface area (TPSA) is 53.3 Å². The molecule has 0 saturated carbocycles. The maximum atomic E-state index is 12.1. The lowest BCUT2D eigenvalue weighted by molar-refractivity contribution is -0.120. The predicted octanol–water partition coefficient (Wildman–Crippen LogP) is 2.60. The molecule has 0 radical (unpaired) electrons. The smallest absolute Gasteiger partial charge is 0.264 e. The predicted molar refractivity (Wildman–Crippen MR) is 76.5 cm³/mol. The highest BCUT2D eigenvalue weighted by Gasteiger charge is 2.14. The fourth-order valence-corrected chi connectivity index (χ4v) is 1.75. The lowest BCUT2D eigenvalue weighted by Crippen LogP contribution is -2.31. The van der Waals surface area contributed by atoms with Gasteiger partial charge in [-0.3, -0.25) is 4.79 Å². The van der Waals surface area contributed by atoms with Crippen molar-refractivity contribution in [3.05, 3.63) is 60.2 Å². The highest BCUT2D eigenvalue weighted by Crippen LogP contribution is 2.18. The number of likely N-dealkylation sites (N-methyl/N-ethyl adjacent to an activating group) is 1. The molecule has 0 aromatic heterocycles. The van der Waals surface area contributed by atoms with E-state index >= 15 is 0 Å². The Morgan fingerprint density at radius 2 is 1.80 bits per heavy atom. The first-order chi connectivity index (χ1) is 9.72. The van der Waals surface area contributed by atoms with Gasteiger partial charge in [0.05, 0.1) is 11.3 Å². The number of nitrogens with zero attached hydrogens (tertiary/aromatic N) is 2. The first-order valence-corrected chi connectivity index (χ1v) is 6.16. The van der Waals surface area contributed by atoms with Crippen LogP contribution in [0.15, 0.2) is 54.6 Å². The van der Waals surface area contributed by atoms with Gasteiger partial charge in [-0.1, -0.05) is 30.3 Å². The number of hydrogen-bond acceptors (Lipinski definition) is 3. The van der Waals surface area contributed by atoms with Crippen molar-refractivity contribution in [1.29, 1.82) is 5.26 Å². The highest BCUT2D eigenvalue weighted by atomic mass is 16.5. The number of hydrogen-bond donors (Lipinski definition) is 0. The lowest BCUT2D eigenvalue weighted by Gasteiger charge is -2.18. The minimum atomic E-state index is -0.212. The molecule has 0 fully saturated rings. The average molecular weight is 266 g/mol. The average Bonchev–Trinajstić information content (AvgIpc) is 2.52. The van der Waals surface area contributed by atoms with Gasteiger partial charge in [0.2, 0.25) is 0 Å². The number of nitriles is 1. The Morgan fingerprint density at radius 3 is 2.50 bits per heavy atom. The maximum Gasteiger partial charge on any atom is 0.264 e. The normalized spacial score (nSPS) is 9.60. The Balaban J connectivity index is 2.04. The number of ether oxygens (including phenoxy) is 1. The fourth-order valence-electron chi connectivity index (χ4n) is 1.75. The molecule has 1 amide bonds. The summed E-state index contributed by atoms with van der Waals surface area (Å²) in [4.78, 5) is 13.5. The molecule has 0 saturated heterocycles. The van der Waals surface area contributed by atoms with E-state index in [0.717, 1.165) is 0 Å². The van der Waals surface area contributed by atoms with Crippen LogP contribution in [0.3, 0.4) is 0 Å². The Hall–Kier alpha value is -2.80. The van der Waals surface area contributed by atoms with Crippen LogP contribution in [-0.2, 0) is 4.79 Å². The first-order valence-electron chi connectivity index (χ1n) is 6.16. The monoisotopic (exact) mass is 266 g/mol. The van der Waals surface area contributed by atoms with Crippen molar-refractivity contribution in [1.82, 2.24) is 0 Å². The van der Waals surface area contributed by atoms with Gasteiger partial charge in [-0.2, -0.15) is 5.26 Å². The van der Waals surface area contributed by atoms with Crippen LogP contribution in [-0.4, -0.2) is 19.6 Å². The quantitative estimate of drug-likeness (QED) is 0.854. The van der Waals surface area contributed by atoms with Crippen LogP contribution in [0.5, 0.6) is 5.75 Å². The summed E-state index contributed by atoms with van der Waals surface area (Å²) in [6, 6.07) is 18.2. The van der Waals surface area contributed by atoms with Gasteiger partial charge in [-0.25, -0.2) is 0 Å². The molecule has 0 spiro atoms. The highest BCUT2D eigenvalue weighted by molar-refractivity contribution is 5.95. The van der Waals surface area contributed by atoms with Crippen LogP contribution in [0.2, 0.25) is 0 Å². The number of anilines is 1. The molecule has 20 heavy (non-hydrogen) atoms. The molecule has 0 aliphatic carbocycles. The molecule has 100 valence electrons. The van der Waals surface area contributed by atoms with Crippen LogP contribution in [0.1, 0.15) is 5.56 Å². The van der Waals surface area contributed by atoms with Crippen molar-refractivity contribution < 1.29 is 9.53 Å². The maximum absolute atomic E-state index is 12.1. The number of amides is 1. The van der Waals surface area contributed by atoms with Crippen molar-refractivity contribution in [2.24, 2.45) is 0 Å². The third-order valence-electron chi connectivity index (χ3n) is 2.87. The third-order valence-corrected chi connectivity index (χ3v) is 2.87. The van der Waals surface area contributed by atoms with Crippen LogP contribution >= 0.6 is 0 Å². The molecule has 4 nitrogen and oxygen atoms in total. The second-order valence-corrected chi connectivity index (χ2v) is 4.18. The molecule has 2 rings (SSSR count). The summed E-state index contributed by atoms with van der Waals surface area (Å²) in [6.07, 6.45) is 0. The van der Waals surface area contributed by atoms with Gasteiger partial charge >= 0.3 is 0 Å². The summed E-state index contributed by atoms with van der Waals surface area (Å²) >= 11 is 0. The van der Waals surface area contributed by atoms with Gasteiger partial charge < -0.3 is 9.64 Å². The van der Waals surface area contributed by atoms with E-state index in [-0.39, 0.29) is 12.5 Å². The van der Waals surface area contributed by atoms with Crippen LogP contribution in [0.25, 0.3) is 0 Å². The summed E-state index contributed by atoms with van der Waals surface area (Å²) in [7, 11) is 1.63. The lowest BCUT2D eigenvalue weighted by atomic mass is 10.2. The standard InChI is InChI=1S/C16H14N2O2/c1-18(15-10-6-5-7-13(15)11-17)16(19)12-20-14-8-3-2-4-9-14/h2-10H,12H2,1H3. The summed E-state index contributed by atoms with van der Waals surface area (Å²) < 4.78 is 5.41. The molecule has 0 heterocycles. The van der Waals surface area contributed by atoms with Crippen molar-refractivity contribution in [2.75, 3.05) is 18.6 Å². The fraction of sp³-hybridized carbons (Fsp3) is 0.125. The van der Waals surface area contributed by atoms with Crippen LogP contribution in [0, 0.1) is 11.3 Å². The van der Waals surface area contributed by atoms with E-state index in [1.807, 2.05) is 18.2 Å². The van der Waals surface area contributed by atoms with Gasteiger partial charge in [0, 0.05) is 7.05 Å². The van der Waals surface area contributed by atoms with Crippen molar-refractivity contribution in [2.45, 2.75) is 0 Å². The molecule has 2 aromatic carbocycles. The van der Waals surface area contributed by atoms with Gasteiger partial charge in [-0.05, 0) is 24.3 Å². The number of carbonyl (C=O) groups is 1. The van der Waals surface area contributed by atoms with Crippen LogP contribution in [0.4, 0.5) is 5.69 Å². The summed E-state index contributed by atoms with van der Waals surface area (Å²) in [5.74, 6) is 0.430. The molecule has 0 unspecified atom stereocenters. The number of carbonyl (C=O) groups excluding carboxylic acids is 1. The Labute approximate surface area is 117 Å². The zero-order chi connectivity index (χ0) is 14.4. The van der Waals surface area contributed by atoms with E-state index in [0.29, 0.717) is 17.0 Å². The minimum Gasteiger partial charge on any atom is -0.484 e. The van der Waals surface area contributed by atoms with Crippen LogP contribution < -0.4 is 9.64 Å². The summed E-state index contributed by atoms with van der Waals surface area (Å²) in [5, 5.41) is 9.04. The molecule has 4 heteroatoms. The number of para-hydroxylation sites is 2.